The first kappa shape index (κ1) is 24.0. The molecule has 0 spiro atoms. The lowest BCUT2D eigenvalue weighted by molar-refractivity contribution is -0.144. The van der Waals surface area contributed by atoms with E-state index in [1.165, 1.54) is 13.3 Å². The number of aromatic nitrogens is 2. The lowest BCUT2D eigenvalue weighted by Crippen LogP contribution is -2.29. The molecule has 0 radical (unpaired) electrons. The van der Waals surface area contributed by atoms with Gasteiger partial charge in [0.05, 0.1) is 30.1 Å². The van der Waals surface area contributed by atoms with Crippen molar-refractivity contribution in [3.8, 4) is 17.3 Å². The van der Waals surface area contributed by atoms with Gasteiger partial charge in [0.15, 0.2) is 5.69 Å². The molecule has 3 aromatic carbocycles. The summed E-state index contributed by atoms with van der Waals surface area (Å²) >= 11 is 0. The number of rotatable bonds is 5. The molecule has 188 valence electrons. The fourth-order valence-electron chi connectivity index (χ4n) is 4.03. The number of hydrogen-bond acceptors (Lipinski definition) is 6. The van der Waals surface area contributed by atoms with Gasteiger partial charge in [0.1, 0.15) is 18.1 Å². The molecule has 0 aliphatic carbocycles. The lowest BCUT2D eigenvalue weighted by Gasteiger charge is -2.28. The van der Waals surface area contributed by atoms with E-state index in [-0.39, 0.29) is 17.0 Å². The summed E-state index contributed by atoms with van der Waals surface area (Å²) in [5, 5.41) is 4.93. The second-order valence-electron chi connectivity index (χ2n) is 8.00. The van der Waals surface area contributed by atoms with Gasteiger partial charge in [0, 0.05) is 0 Å². The van der Waals surface area contributed by atoms with Crippen LogP contribution in [0.3, 0.4) is 0 Å². The van der Waals surface area contributed by atoms with Gasteiger partial charge in [0.2, 0.25) is 5.88 Å². The summed E-state index contributed by atoms with van der Waals surface area (Å²) in [4.78, 5) is 18.6. The molecule has 1 atom stereocenters. The second kappa shape index (κ2) is 9.73. The summed E-state index contributed by atoms with van der Waals surface area (Å²) in [6, 6.07) is 21.6. The van der Waals surface area contributed by atoms with Gasteiger partial charge >= 0.3 is 12.1 Å². The molecule has 0 saturated carbocycles. The molecule has 1 aliphatic rings. The Morgan fingerprint density at radius 2 is 1.68 bits per heavy atom. The molecule has 0 N–H and O–H groups in total. The SMILES string of the molecule is COc1cccc(C2c3c(C(F)(F)F)nn(-c4ccccc4)c3OC=CN2OC(=O)c2ccccc2)c1. The van der Waals surface area contributed by atoms with E-state index in [1.54, 1.807) is 84.9 Å². The van der Waals surface area contributed by atoms with E-state index in [0.717, 1.165) is 16.0 Å². The van der Waals surface area contributed by atoms with Crippen molar-refractivity contribution in [3.05, 3.63) is 120 Å². The molecule has 1 aromatic heterocycles. The maximum absolute atomic E-state index is 14.4. The van der Waals surface area contributed by atoms with Crippen LogP contribution in [0.1, 0.15) is 33.2 Å². The Morgan fingerprint density at radius 1 is 0.973 bits per heavy atom. The van der Waals surface area contributed by atoms with Crippen molar-refractivity contribution in [2.75, 3.05) is 7.11 Å². The van der Waals surface area contributed by atoms with Crippen LogP contribution in [0.2, 0.25) is 0 Å². The van der Waals surface area contributed by atoms with Crippen LogP contribution in [0.5, 0.6) is 11.6 Å². The number of fused-ring (bicyclic) bond motifs is 1. The minimum absolute atomic E-state index is 0.166. The average Bonchev–Trinajstić information content (AvgIpc) is 3.20. The van der Waals surface area contributed by atoms with Crippen LogP contribution in [-0.2, 0) is 11.0 Å². The first-order chi connectivity index (χ1) is 17.9. The molecule has 0 amide bonds. The van der Waals surface area contributed by atoms with Crippen LogP contribution in [0.4, 0.5) is 13.2 Å². The smallest absolute Gasteiger partial charge is 0.435 e. The highest BCUT2D eigenvalue weighted by Crippen LogP contribution is 2.46. The summed E-state index contributed by atoms with van der Waals surface area (Å²) in [6.45, 7) is 0. The van der Waals surface area contributed by atoms with Gasteiger partial charge in [-0.1, -0.05) is 48.5 Å². The number of hydrogen-bond donors (Lipinski definition) is 0. The summed E-state index contributed by atoms with van der Waals surface area (Å²) < 4.78 is 55.3. The van der Waals surface area contributed by atoms with Crippen molar-refractivity contribution in [2.24, 2.45) is 0 Å². The number of carbonyl (C=O) groups excluding carboxylic acids is 1. The molecule has 0 fully saturated rings. The van der Waals surface area contributed by atoms with Crippen LogP contribution in [0.15, 0.2) is 97.4 Å². The molecular weight excluding hydrogens is 487 g/mol. The van der Waals surface area contributed by atoms with Crippen molar-refractivity contribution in [3.63, 3.8) is 0 Å². The molecule has 0 saturated heterocycles. The normalized spacial score (nSPS) is 14.9. The zero-order valence-corrected chi connectivity index (χ0v) is 19.4. The standard InChI is InChI=1S/C27H20F3N3O4/c1-35-21-14-8-11-19(17-21)23-22-24(27(28,29)30)31-33(20-12-6-3-7-13-20)25(22)36-16-15-32(23)37-26(34)18-9-4-2-5-10-18/h2-17,23H,1H3. The fourth-order valence-corrected chi connectivity index (χ4v) is 4.03. The topological polar surface area (TPSA) is 65.8 Å². The van der Waals surface area contributed by atoms with Gasteiger partial charge in [-0.3, -0.25) is 0 Å². The van der Waals surface area contributed by atoms with E-state index in [0.29, 0.717) is 17.0 Å². The van der Waals surface area contributed by atoms with Crippen molar-refractivity contribution in [1.29, 1.82) is 0 Å². The highest BCUT2D eigenvalue weighted by Gasteiger charge is 2.45. The molecule has 1 aliphatic heterocycles. The molecule has 7 nitrogen and oxygen atoms in total. The molecule has 5 rings (SSSR count). The van der Waals surface area contributed by atoms with Gasteiger partial charge in [-0.15, -0.1) is 0 Å². The molecule has 37 heavy (non-hydrogen) atoms. The van der Waals surface area contributed by atoms with Gasteiger partial charge in [-0.05, 0) is 42.0 Å². The number of nitrogens with zero attached hydrogens (tertiary/aromatic N) is 3. The Balaban J connectivity index is 1.72. The van der Waals surface area contributed by atoms with Crippen LogP contribution in [-0.4, -0.2) is 27.9 Å². The van der Waals surface area contributed by atoms with E-state index in [4.69, 9.17) is 14.3 Å². The van der Waals surface area contributed by atoms with E-state index in [9.17, 15) is 18.0 Å². The monoisotopic (exact) mass is 507 g/mol. The highest BCUT2D eigenvalue weighted by molar-refractivity contribution is 5.89. The molecule has 1 unspecified atom stereocenters. The predicted octanol–water partition coefficient (Wildman–Crippen LogP) is 5.93. The van der Waals surface area contributed by atoms with E-state index in [2.05, 4.69) is 5.10 Å². The fraction of sp³-hybridized carbons (Fsp3) is 0.111. The van der Waals surface area contributed by atoms with Gasteiger partial charge in [0.25, 0.3) is 0 Å². The third kappa shape index (κ3) is 4.73. The summed E-state index contributed by atoms with van der Waals surface area (Å²) in [6.07, 6.45) is -2.43. The summed E-state index contributed by atoms with van der Waals surface area (Å²) in [5.41, 5.74) is -0.558. The Labute approximate surface area is 209 Å². The minimum atomic E-state index is -4.84. The lowest BCUT2D eigenvalue weighted by atomic mass is 9.97. The van der Waals surface area contributed by atoms with Crippen LogP contribution < -0.4 is 9.47 Å². The maximum atomic E-state index is 14.4. The number of alkyl halides is 3. The molecular formula is C27H20F3N3O4. The average molecular weight is 507 g/mol. The van der Waals surface area contributed by atoms with Crippen molar-refractivity contribution in [1.82, 2.24) is 14.8 Å². The molecule has 10 heteroatoms. The number of para-hydroxylation sites is 1. The Hall–Kier alpha value is -4.73. The van der Waals surface area contributed by atoms with Crippen molar-refractivity contribution in [2.45, 2.75) is 12.2 Å². The van der Waals surface area contributed by atoms with Crippen LogP contribution in [0.25, 0.3) is 5.69 Å². The number of halogens is 3. The van der Waals surface area contributed by atoms with Crippen molar-refractivity contribution >= 4 is 5.97 Å². The van der Waals surface area contributed by atoms with E-state index >= 15 is 0 Å². The third-order valence-electron chi connectivity index (χ3n) is 5.67. The summed E-state index contributed by atoms with van der Waals surface area (Å²) in [5.74, 6) is -0.516. The zero-order chi connectivity index (χ0) is 26.0. The maximum Gasteiger partial charge on any atom is 0.435 e. The third-order valence-corrected chi connectivity index (χ3v) is 5.67. The quantitative estimate of drug-likeness (QED) is 0.334. The first-order valence-corrected chi connectivity index (χ1v) is 11.2. The number of hydroxylamine groups is 2. The van der Waals surface area contributed by atoms with Gasteiger partial charge in [-0.2, -0.15) is 28.0 Å². The summed E-state index contributed by atoms with van der Waals surface area (Å²) in [7, 11) is 1.45. The molecule has 2 heterocycles. The van der Waals surface area contributed by atoms with Crippen molar-refractivity contribution < 1.29 is 32.3 Å². The Morgan fingerprint density at radius 3 is 2.35 bits per heavy atom. The highest BCUT2D eigenvalue weighted by atomic mass is 19.4. The molecule has 4 aromatic rings. The number of methoxy groups -OCH3 is 1. The van der Waals surface area contributed by atoms with E-state index in [1.807, 2.05) is 0 Å². The number of benzene rings is 3. The van der Waals surface area contributed by atoms with E-state index < -0.39 is 23.9 Å². The zero-order valence-electron chi connectivity index (χ0n) is 19.4. The number of carbonyl (C=O) groups is 1. The number of ether oxygens (including phenoxy) is 2. The minimum Gasteiger partial charge on any atom is -0.497 e. The predicted molar refractivity (Wildman–Crippen MR) is 127 cm³/mol. The Bertz CT molecular complexity index is 1440. The Kier molecular flexibility index (Phi) is 6.31. The van der Waals surface area contributed by atoms with Gasteiger partial charge in [-0.25, -0.2) is 4.79 Å². The van der Waals surface area contributed by atoms with Gasteiger partial charge < -0.3 is 14.3 Å². The molecule has 0 bridgehead atoms. The van der Waals surface area contributed by atoms with Crippen LogP contribution in [0, 0.1) is 0 Å². The second-order valence-corrected chi connectivity index (χ2v) is 8.00. The largest absolute Gasteiger partial charge is 0.497 e. The first-order valence-electron chi connectivity index (χ1n) is 11.2. The van der Waals surface area contributed by atoms with Crippen LogP contribution >= 0.6 is 0 Å².